The number of H-pyrrole nitrogens is 1. The standard InChI is InChI=1S/C23H21F5N2O3/c1-10-7-15-13(9-29-10)17(31)8-16(30-15)21-18(11(2)22(3,33-21)23(26,27)28)12-5-6-14(24)19(25)20(12)32-4/h5-9,11,18,21H,1-4H3,(H,30,31)/t11-,18-,21-,22+/m0/s1. The number of rotatable bonds is 3. The molecule has 33 heavy (non-hydrogen) atoms. The van der Waals surface area contributed by atoms with Crippen molar-refractivity contribution in [2.24, 2.45) is 5.92 Å². The second kappa shape index (κ2) is 7.79. The first-order chi connectivity index (χ1) is 15.4. The van der Waals surface area contributed by atoms with E-state index >= 15 is 0 Å². The van der Waals surface area contributed by atoms with Gasteiger partial charge in [-0.25, -0.2) is 4.39 Å². The van der Waals surface area contributed by atoms with Crippen molar-refractivity contribution in [3.05, 3.63) is 69.3 Å². The number of aryl methyl sites for hydroxylation is 1. The van der Waals surface area contributed by atoms with Crippen LogP contribution in [0.4, 0.5) is 22.0 Å². The van der Waals surface area contributed by atoms with Crippen LogP contribution in [0.5, 0.6) is 5.75 Å². The summed E-state index contributed by atoms with van der Waals surface area (Å²) in [4.78, 5) is 19.8. The van der Waals surface area contributed by atoms with Gasteiger partial charge < -0.3 is 14.5 Å². The Kier molecular flexibility index (Phi) is 5.47. The molecule has 4 rings (SSSR count). The molecule has 1 aliphatic heterocycles. The normalized spacial score (nSPS) is 25.5. The molecule has 1 aliphatic rings. The molecule has 0 radical (unpaired) electrons. The fourth-order valence-electron chi connectivity index (χ4n) is 4.50. The van der Waals surface area contributed by atoms with E-state index in [1.165, 1.54) is 19.2 Å². The monoisotopic (exact) mass is 468 g/mol. The molecule has 10 heteroatoms. The quantitative estimate of drug-likeness (QED) is 0.528. The average Bonchev–Trinajstić information content (AvgIpc) is 3.01. The van der Waals surface area contributed by atoms with Gasteiger partial charge in [0.1, 0.15) is 6.10 Å². The van der Waals surface area contributed by atoms with Gasteiger partial charge >= 0.3 is 6.18 Å². The highest BCUT2D eigenvalue weighted by Crippen LogP contribution is 2.59. The molecule has 0 amide bonds. The summed E-state index contributed by atoms with van der Waals surface area (Å²) in [5.74, 6) is -5.36. The van der Waals surface area contributed by atoms with Gasteiger partial charge in [0.05, 0.1) is 18.0 Å². The number of methoxy groups -OCH3 is 1. The summed E-state index contributed by atoms with van der Waals surface area (Å²) in [7, 11) is 1.10. The maximum absolute atomic E-state index is 14.5. The smallest absolute Gasteiger partial charge is 0.417 e. The van der Waals surface area contributed by atoms with Gasteiger partial charge in [-0.15, -0.1) is 0 Å². The molecule has 4 atom stereocenters. The Bertz CT molecular complexity index is 1290. The number of aromatic nitrogens is 2. The topological polar surface area (TPSA) is 64.2 Å². The Morgan fingerprint density at radius 2 is 1.91 bits per heavy atom. The third-order valence-corrected chi connectivity index (χ3v) is 6.49. The zero-order valence-corrected chi connectivity index (χ0v) is 18.2. The van der Waals surface area contributed by atoms with Gasteiger partial charge in [-0.3, -0.25) is 9.78 Å². The van der Waals surface area contributed by atoms with Gasteiger partial charge in [-0.2, -0.15) is 17.6 Å². The summed E-state index contributed by atoms with van der Waals surface area (Å²) in [6.07, 6.45) is -4.72. The number of aromatic amines is 1. The van der Waals surface area contributed by atoms with E-state index in [1.807, 2.05) is 0 Å². The zero-order valence-electron chi connectivity index (χ0n) is 18.2. The molecule has 3 aromatic rings. The molecular weight excluding hydrogens is 447 g/mol. The third kappa shape index (κ3) is 3.56. The van der Waals surface area contributed by atoms with Crippen molar-refractivity contribution in [2.45, 2.75) is 44.6 Å². The fourth-order valence-corrected chi connectivity index (χ4v) is 4.50. The van der Waals surface area contributed by atoms with Crippen LogP contribution in [0.15, 0.2) is 35.3 Å². The van der Waals surface area contributed by atoms with E-state index in [-0.39, 0.29) is 16.6 Å². The third-order valence-electron chi connectivity index (χ3n) is 6.49. The Balaban J connectivity index is 1.97. The first kappa shape index (κ1) is 23.2. The number of pyridine rings is 2. The van der Waals surface area contributed by atoms with E-state index < -0.39 is 52.5 Å². The van der Waals surface area contributed by atoms with Crippen LogP contribution in [0.2, 0.25) is 0 Å². The SMILES string of the molecule is COc1c([C@H]2[C@H](c3cc(=O)c4cnc(C)cc4[nH]3)O[C@@](C)(C(F)(F)F)[C@H]2C)ccc(F)c1F. The van der Waals surface area contributed by atoms with Crippen molar-refractivity contribution >= 4 is 10.9 Å². The first-order valence-corrected chi connectivity index (χ1v) is 10.1. The maximum Gasteiger partial charge on any atom is 0.417 e. The van der Waals surface area contributed by atoms with Crippen LogP contribution in [-0.2, 0) is 4.74 Å². The van der Waals surface area contributed by atoms with E-state index in [0.717, 1.165) is 26.2 Å². The molecule has 1 fully saturated rings. The Morgan fingerprint density at radius 1 is 1.21 bits per heavy atom. The molecule has 1 aromatic carbocycles. The van der Waals surface area contributed by atoms with E-state index in [4.69, 9.17) is 9.47 Å². The highest BCUT2D eigenvalue weighted by atomic mass is 19.4. The van der Waals surface area contributed by atoms with Crippen molar-refractivity contribution in [3.63, 3.8) is 0 Å². The lowest BCUT2D eigenvalue weighted by Gasteiger charge is -2.32. The fraction of sp³-hybridized carbons (Fsp3) is 0.391. The molecule has 1 N–H and O–H groups in total. The van der Waals surface area contributed by atoms with Crippen molar-refractivity contribution in [3.8, 4) is 5.75 Å². The minimum absolute atomic E-state index is 0.00808. The predicted octanol–water partition coefficient (Wildman–Crippen LogP) is 5.33. The molecule has 0 spiro atoms. The molecule has 5 nitrogen and oxygen atoms in total. The Hall–Kier alpha value is -3.01. The molecule has 176 valence electrons. The van der Waals surface area contributed by atoms with Crippen LogP contribution in [0.3, 0.4) is 0 Å². The maximum atomic E-state index is 14.5. The molecule has 2 aromatic heterocycles. The van der Waals surface area contributed by atoms with Gasteiger partial charge in [0.25, 0.3) is 0 Å². The highest BCUT2D eigenvalue weighted by molar-refractivity contribution is 5.77. The summed E-state index contributed by atoms with van der Waals surface area (Å²) in [5.41, 5.74) is -2.03. The number of halogens is 5. The molecule has 1 saturated heterocycles. The van der Waals surface area contributed by atoms with Crippen LogP contribution >= 0.6 is 0 Å². The Morgan fingerprint density at radius 3 is 2.55 bits per heavy atom. The minimum atomic E-state index is -4.77. The predicted molar refractivity (Wildman–Crippen MR) is 110 cm³/mol. The molecule has 3 heterocycles. The molecule has 0 aliphatic carbocycles. The number of hydrogen-bond donors (Lipinski definition) is 1. The minimum Gasteiger partial charge on any atom is -0.493 e. The largest absolute Gasteiger partial charge is 0.493 e. The summed E-state index contributed by atoms with van der Waals surface area (Å²) >= 11 is 0. The van der Waals surface area contributed by atoms with E-state index in [1.54, 1.807) is 13.0 Å². The van der Waals surface area contributed by atoms with E-state index in [0.29, 0.717) is 11.2 Å². The van der Waals surface area contributed by atoms with E-state index in [2.05, 4.69) is 9.97 Å². The molecule has 0 unspecified atom stereocenters. The second-order valence-electron chi connectivity index (χ2n) is 8.40. The van der Waals surface area contributed by atoms with Gasteiger partial charge in [-0.1, -0.05) is 13.0 Å². The van der Waals surface area contributed by atoms with Crippen LogP contribution in [-0.4, -0.2) is 28.9 Å². The number of nitrogens with one attached hydrogen (secondary N) is 1. The van der Waals surface area contributed by atoms with Crippen LogP contribution in [0.1, 0.15) is 42.8 Å². The van der Waals surface area contributed by atoms with Crippen LogP contribution < -0.4 is 10.2 Å². The number of fused-ring (bicyclic) bond motifs is 1. The second-order valence-corrected chi connectivity index (χ2v) is 8.40. The lowest BCUT2D eigenvalue weighted by atomic mass is 9.76. The highest BCUT2D eigenvalue weighted by Gasteiger charge is 2.65. The van der Waals surface area contributed by atoms with Crippen molar-refractivity contribution < 1.29 is 31.4 Å². The van der Waals surface area contributed by atoms with Crippen molar-refractivity contribution in [1.82, 2.24) is 9.97 Å². The Labute approximate surface area is 185 Å². The van der Waals surface area contributed by atoms with Gasteiger partial charge in [-0.05, 0) is 26.0 Å². The van der Waals surface area contributed by atoms with Gasteiger partial charge in [0.2, 0.25) is 5.82 Å². The molecular formula is C23H21F5N2O3. The first-order valence-electron chi connectivity index (χ1n) is 10.1. The summed E-state index contributed by atoms with van der Waals surface area (Å²) in [5, 5.41) is 0.260. The summed E-state index contributed by atoms with van der Waals surface area (Å²) in [6.45, 7) is 3.94. The van der Waals surface area contributed by atoms with Crippen LogP contribution in [0.25, 0.3) is 10.9 Å². The average molecular weight is 468 g/mol. The molecule has 0 saturated carbocycles. The number of ether oxygens (including phenoxy) is 2. The van der Waals surface area contributed by atoms with Crippen molar-refractivity contribution in [1.29, 1.82) is 0 Å². The number of benzene rings is 1. The number of hydrogen-bond acceptors (Lipinski definition) is 4. The van der Waals surface area contributed by atoms with E-state index in [9.17, 15) is 26.7 Å². The lowest BCUT2D eigenvalue weighted by molar-refractivity contribution is -0.275. The summed E-state index contributed by atoms with van der Waals surface area (Å²) in [6, 6.07) is 4.76. The van der Waals surface area contributed by atoms with Gasteiger partial charge in [0, 0.05) is 41.1 Å². The lowest BCUT2D eigenvalue weighted by Crippen LogP contribution is -2.46. The molecule has 0 bridgehead atoms. The number of nitrogens with zero attached hydrogens (tertiary/aromatic N) is 1. The zero-order chi connectivity index (χ0) is 24.3. The number of alkyl halides is 3. The summed E-state index contributed by atoms with van der Waals surface area (Å²) < 4.78 is 81.3. The van der Waals surface area contributed by atoms with Crippen molar-refractivity contribution in [2.75, 3.05) is 7.11 Å². The van der Waals surface area contributed by atoms with Gasteiger partial charge in [0.15, 0.2) is 22.6 Å². The van der Waals surface area contributed by atoms with Crippen LogP contribution in [0, 0.1) is 24.5 Å².